The van der Waals surface area contributed by atoms with Gasteiger partial charge in [-0.3, -0.25) is 4.79 Å². The molecule has 1 aliphatic rings. The van der Waals surface area contributed by atoms with Gasteiger partial charge in [-0.2, -0.15) is 0 Å². The molecule has 0 bridgehead atoms. The highest BCUT2D eigenvalue weighted by Gasteiger charge is 2.27. The van der Waals surface area contributed by atoms with Crippen LogP contribution in [-0.2, 0) is 9.53 Å². The molecule has 7 heteroatoms. The molecule has 4 aromatic rings. The number of rotatable bonds is 9. The van der Waals surface area contributed by atoms with Crippen molar-refractivity contribution < 1.29 is 18.7 Å². The third-order valence-electron chi connectivity index (χ3n) is 7.14. The van der Waals surface area contributed by atoms with E-state index in [0.717, 1.165) is 22.4 Å². The van der Waals surface area contributed by atoms with E-state index in [4.69, 9.17) is 9.15 Å². The Kier molecular flexibility index (Phi) is 7.73. The van der Waals surface area contributed by atoms with Crippen molar-refractivity contribution in [3.05, 3.63) is 83.9 Å². The number of carbonyl (C=O) groups is 2. The molecule has 0 aliphatic heterocycles. The molecule has 1 saturated carbocycles. The smallest absolute Gasteiger partial charge is 0.328 e. The van der Waals surface area contributed by atoms with Gasteiger partial charge >= 0.3 is 5.97 Å². The molecule has 1 unspecified atom stereocenters. The second kappa shape index (κ2) is 11.5. The molecule has 2 N–H and O–H groups in total. The Morgan fingerprint density at radius 2 is 1.71 bits per heavy atom. The lowest BCUT2D eigenvalue weighted by Crippen LogP contribution is -2.39. The summed E-state index contributed by atoms with van der Waals surface area (Å²) in [6.45, 7) is 3.64. The Hall–Kier alpha value is -4.13. The third kappa shape index (κ3) is 5.72. The lowest BCUT2D eigenvalue weighted by Gasteiger charge is -2.26. The zero-order valence-corrected chi connectivity index (χ0v) is 21.8. The number of hydrogen-bond donors (Lipinski definition) is 2. The van der Waals surface area contributed by atoms with Gasteiger partial charge in [0.15, 0.2) is 5.58 Å². The van der Waals surface area contributed by atoms with Crippen LogP contribution in [0.3, 0.4) is 0 Å². The monoisotopic (exact) mass is 511 g/mol. The second-order valence-electron chi connectivity index (χ2n) is 9.80. The van der Waals surface area contributed by atoms with Crippen LogP contribution in [0.4, 0.5) is 5.69 Å². The van der Waals surface area contributed by atoms with Gasteiger partial charge in [-0.25, -0.2) is 9.78 Å². The molecule has 0 saturated heterocycles. The molecule has 1 amide bonds. The van der Waals surface area contributed by atoms with E-state index in [1.807, 2.05) is 36.4 Å². The number of benzene rings is 3. The number of amides is 1. The number of hydrogen-bond acceptors (Lipinski definition) is 6. The van der Waals surface area contributed by atoms with Gasteiger partial charge in [-0.1, -0.05) is 37.1 Å². The predicted molar refractivity (Wildman–Crippen MR) is 148 cm³/mol. The quantitative estimate of drug-likeness (QED) is 0.249. The highest BCUT2D eigenvalue weighted by Crippen LogP contribution is 2.38. The minimum absolute atomic E-state index is 0.152. The number of para-hydroxylation sites is 2. The molecule has 2 atom stereocenters. The summed E-state index contributed by atoms with van der Waals surface area (Å²) in [5.41, 5.74) is 5.23. The lowest BCUT2D eigenvalue weighted by molar-refractivity contribution is -0.144. The van der Waals surface area contributed by atoms with Gasteiger partial charge in [-0.05, 0) is 86.7 Å². The fourth-order valence-corrected chi connectivity index (χ4v) is 5.10. The van der Waals surface area contributed by atoms with Crippen LogP contribution in [0, 0.1) is 5.92 Å². The highest BCUT2D eigenvalue weighted by molar-refractivity contribution is 5.97. The normalized spacial score (nSPS) is 15.2. The third-order valence-corrected chi connectivity index (χ3v) is 7.14. The van der Waals surface area contributed by atoms with E-state index in [1.165, 1.54) is 31.2 Å². The van der Waals surface area contributed by atoms with Crippen molar-refractivity contribution in [1.82, 2.24) is 10.3 Å². The molecule has 3 aromatic carbocycles. The maximum atomic E-state index is 12.6. The molecule has 5 rings (SSSR count). The fraction of sp³-hybridized carbons (Fsp3) is 0.323. The first-order valence-corrected chi connectivity index (χ1v) is 13.3. The van der Waals surface area contributed by atoms with Gasteiger partial charge < -0.3 is 19.8 Å². The standard InChI is InChI=1S/C31H33N3O4/c1-3-37-31(36)20(2)32-29(35)23-16-18-25(19-17-23)33-28(21-8-4-5-9-21)22-12-14-24(15-13-22)30-34-26-10-6-7-11-27(26)38-30/h6-7,10-21,28,33H,3-5,8-9H2,1-2H3,(H,32,35)/t20-,28?/m1/s1. The number of nitrogens with zero attached hydrogens (tertiary/aromatic N) is 1. The maximum absolute atomic E-state index is 12.6. The Morgan fingerprint density at radius 3 is 2.39 bits per heavy atom. The predicted octanol–water partition coefficient (Wildman–Crippen LogP) is 6.52. The van der Waals surface area contributed by atoms with Crippen molar-refractivity contribution in [1.29, 1.82) is 0 Å². The lowest BCUT2D eigenvalue weighted by atomic mass is 9.90. The number of nitrogens with one attached hydrogen (secondary N) is 2. The van der Waals surface area contributed by atoms with Crippen molar-refractivity contribution in [2.75, 3.05) is 11.9 Å². The van der Waals surface area contributed by atoms with Crippen LogP contribution in [-0.4, -0.2) is 29.5 Å². The summed E-state index contributed by atoms with van der Waals surface area (Å²) in [5, 5.41) is 6.41. The average Bonchev–Trinajstić information content (AvgIpc) is 3.63. The number of aromatic nitrogens is 1. The van der Waals surface area contributed by atoms with Crippen LogP contribution in [0.1, 0.15) is 61.5 Å². The number of ether oxygens (including phenoxy) is 1. The summed E-state index contributed by atoms with van der Waals surface area (Å²) >= 11 is 0. The van der Waals surface area contributed by atoms with Gasteiger partial charge in [0.05, 0.1) is 12.6 Å². The first-order chi connectivity index (χ1) is 18.5. The summed E-state index contributed by atoms with van der Waals surface area (Å²) in [6.07, 6.45) is 4.83. The Balaban J connectivity index is 1.30. The van der Waals surface area contributed by atoms with Gasteiger partial charge in [-0.15, -0.1) is 0 Å². The van der Waals surface area contributed by atoms with E-state index < -0.39 is 12.0 Å². The second-order valence-corrected chi connectivity index (χ2v) is 9.80. The molecule has 38 heavy (non-hydrogen) atoms. The molecule has 1 aromatic heterocycles. The maximum Gasteiger partial charge on any atom is 0.328 e. The molecule has 1 aliphatic carbocycles. The first kappa shape index (κ1) is 25.5. The minimum Gasteiger partial charge on any atom is -0.464 e. The SMILES string of the molecule is CCOC(=O)[C@@H](C)NC(=O)c1ccc(NC(c2ccc(-c3nc4ccccc4o3)cc2)C2CCCC2)cc1. The highest BCUT2D eigenvalue weighted by atomic mass is 16.5. The number of anilines is 1. The summed E-state index contributed by atoms with van der Waals surface area (Å²) in [5.74, 6) is 0.396. The summed E-state index contributed by atoms with van der Waals surface area (Å²) in [6, 6.07) is 23.1. The molecular formula is C31H33N3O4. The van der Waals surface area contributed by atoms with Gasteiger partial charge in [0.2, 0.25) is 5.89 Å². The number of esters is 1. The van der Waals surface area contributed by atoms with Crippen LogP contribution < -0.4 is 10.6 Å². The Morgan fingerprint density at radius 1 is 1.00 bits per heavy atom. The van der Waals surface area contributed by atoms with Crippen molar-refractivity contribution in [2.45, 2.75) is 51.6 Å². The molecule has 0 spiro atoms. The van der Waals surface area contributed by atoms with Crippen LogP contribution >= 0.6 is 0 Å². The minimum atomic E-state index is -0.704. The van der Waals surface area contributed by atoms with E-state index in [2.05, 4.69) is 39.9 Å². The van der Waals surface area contributed by atoms with Crippen LogP contribution in [0.2, 0.25) is 0 Å². The summed E-state index contributed by atoms with van der Waals surface area (Å²) in [7, 11) is 0. The van der Waals surface area contributed by atoms with E-state index in [-0.39, 0.29) is 18.6 Å². The topological polar surface area (TPSA) is 93.5 Å². The summed E-state index contributed by atoms with van der Waals surface area (Å²) < 4.78 is 10.9. The van der Waals surface area contributed by atoms with E-state index in [9.17, 15) is 9.59 Å². The van der Waals surface area contributed by atoms with Crippen LogP contribution in [0.25, 0.3) is 22.6 Å². The number of carbonyl (C=O) groups excluding carboxylic acids is 2. The van der Waals surface area contributed by atoms with Gasteiger partial charge in [0.1, 0.15) is 11.6 Å². The molecule has 1 heterocycles. The first-order valence-electron chi connectivity index (χ1n) is 13.3. The van der Waals surface area contributed by atoms with E-state index >= 15 is 0 Å². The largest absolute Gasteiger partial charge is 0.464 e. The fourth-order valence-electron chi connectivity index (χ4n) is 5.10. The van der Waals surface area contributed by atoms with Crippen molar-refractivity contribution in [2.24, 2.45) is 5.92 Å². The van der Waals surface area contributed by atoms with E-state index in [0.29, 0.717) is 17.4 Å². The Labute approximate surface area is 222 Å². The van der Waals surface area contributed by atoms with Gasteiger partial charge in [0, 0.05) is 16.8 Å². The molecule has 196 valence electrons. The number of oxazole rings is 1. The number of fused-ring (bicyclic) bond motifs is 1. The zero-order valence-electron chi connectivity index (χ0n) is 21.8. The Bertz CT molecular complexity index is 1360. The molecule has 1 fully saturated rings. The molecule has 0 radical (unpaired) electrons. The van der Waals surface area contributed by atoms with Crippen LogP contribution in [0.5, 0.6) is 0 Å². The van der Waals surface area contributed by atoms with E-state index in [1.54, 1.807) is 26.0 Å². The van der Waals surface area contributed by atoms with Crippen molar-refractivity contribution in [3.8, 4) is 11.5 Å². The van der Waals surface area contributed by atoms with Crippen molar-refractivity contribution >= 4 is 28.7 Å². The summed E-state index contributed by atoms with van der Waals surface area (Å²) in [4.78, 5) is 29.0. The van der Waals surface area contributed by atoms with Gasteiger partial charge in [0.25, 0.3) is 5.91 Å². The average molecular weight is 512 g/mol. The van der Waals surface area contributed by atoms with Crippen LogP contribution in [0.15, 0.2) is 77.2 Å². The zero-order chi connectivity index (χ0) is 26.5. The molecule has 7 nitrogen and oxygen atoms in total. The van der Waals surface area contributed by atoms with Crippen molar-refractivity contribution in [3.63, 3.8) is 0 Å². The molecular weight excluding hydrogens is 478 g/mol.